The van der Waals surface area contributed by atoms with Crippen molar-refractivity contribution in [2.24, 2.45) is 13.0 Å². The van der Waals surface area contributed by atoms with Crippen molar-refractivity contribution in [3.63, 3.8) is 0 Å². The van der Waals surface area contributed by atoms with Gasteiger partial charge >= 0.3 is 5.82 Å². The highest BCUT2D eigenvalue weighted by Crippen LogP contribution is 2.29. The second-order valence-corrected chi connectivity index (χ2v) is 5.31. The molecule has 1 aromatic rings. The molecule has 1 saturated heterocycles. The number of carbonyl (C=O) groups is 1. The summed E-state index contributed by atoms with van der Waals surface area (Å²) in [6.07, 6.45) is 3.79. The molecule has 1 aliphatic heterocycles. The van der Waals surface area contributed by atoms with Gasteiger partial charge in [0.25, 0.3) is 0 Å². The van der Waals surface area contributed by atoms with Gasteiger partial charge in [-0.15, -0.1) is 0 Å². The number of nitrogens with one attached hydrogen (secondary N) is 1. The highest BCUT2D eigenvalue weighted by Gasteiger charge is 2.31. The Morgan fingerprint density at radius 1 is 1.52 bits per heavy atom. The van der Waals surface area contributed by atoms with Gasteiger partial charge in [0.2, 0.25) is 18.1 Å². The van der Waals surface area contributed by atoms with Crippen molar-refractivity contribution < 1.29 is 9.72 Å². The van der Waals surface area contributed by atoms with E-state index in [-0.39, 0.29) is 17.6 Å². The van der Waals surface area contributed by atoms with Gasteiger partial charge in [-0.1, -0.05) is 6.92 Å². The normalized spacial score (nSPS) is 16.0. The van der Waals surface area contributed by atoms with E-state index in [0.717, 1.165) is 6.42 Å². The van der Waals surface area contributed by atoms with Gasteiger partial charge in [-0.25, -0.2) is 0 Å². The van der Waals surface area contributed by atoms with Crippen LogP contribution in [0.1, 0.15) is 26.2 Å². The third-order valence-corrected chi connectivity index (χ3v) is 3.77. The summed E-state index contributed by atoms with van der Waals surface area (Å²) in [7, 11) is 1.75. The molecule has 21 heavy (non-hydrogen) atoms. The zero-order valence-corrected chi connectivity index (χ0v) is 12.4. The van der Waals surface area contributed by atoms with Crippen LogP contribution in [0.3, 0.4) is 0 Å². The smallest absolute Gasteiger partial charge is 0.358 e. The Kier molecular flexibility index (Phi) is 4.77. The number of nitrogens with zero attached hydrogens (tertiary/aromatic N) is 4. The number of piperidine rings is 1. The van der Waals surface area contributed by atoms with Gasteiger partial charge in [0.15, 0.2) is 0 Å². The van der Waals surface area contributed by atoms with Crippen molar-refractivity contribution in [2.75, 3.05) is 24.5 Å². The van der Waals surface area contributed by atoms with E-state index in [4.69, 9.17) is 0 Å². The molecule has 8 heteroatoms. The number of aromatic nitrogens is 2. The van der Waals surface area contributed by atoms with Crippen LogP contribution >= 0.6 is 0 Å². The minimum atomic E-state index is -0.463. The Morgan fingerprint density at radius 3 is 2.76 bits per heavy atom. The minimum absolute atomic E-state index is 0.0000775. The van der Waals surface area contributed by atoms with Gasteiger partial charge in [-0.05, 0) is 29.2 Å². The third kappa shape index (κ3) is 3.32. The molecule has 0 saturated carbocycles. The highest BCUT2D eigenvalue weighted by molar-refractivity contribution is 5.79. The molecule has 116 valence electrons. The Bertz CT molecular complexity index is 520. The van der Waals surface area contributed by atoms with Crippen LogP contribution in [0.2, 0.25) is 0 Å². The first kappa shape index (κ1) is 15.3. The molecule has 1 amide bonds. The molecule has 0 aromatic carbocycles. The average Bonchev–Trinajstić information content (AvgIpc) is 2.87. The zero-order valence-electron chi connectivity index (χ0n) is 12.4. The zero-order chi connectivity index (χ0) is 15.4. The van der Waals surface area contributed by atoms with Crippen LogP contribution < -0.4 is 10.2 Å². The van der Waals surface area contributed by atoms with Crippen LogP contribution in [0.4, 0.5) is 11.6 Å². The highest BCUT2D eigenvalue weighted by atomic mass is 16.6. The lowest BCUT2D eigenvalue weighted by molar-refractivity contribution is -0.388. The van der Waals surface area contributed by atoms with Crippen molar-refractivity contribution in [2.45, 2.75) is 26.2 Å². The van der Waals surface area contributed by atoms with Crippen molar-refractivity contribution in [3.8, 4) is 0 Å². The summed E-state index contributed by atoms with van der Waals surface area (Å²) < 4.78 is 1.66. The summed E-state index contributed by atoms with van der Waals surface area (Å²) >= 11 is 0. The number of carbonyl (C=O) groups excluding carboxylic acids is 1. The fraction of sp³-hybridized carbons (Fsp3) is 0.692. The van der Waals surface area contributed by atoms with E-state index in [0.29, 0.717) is 38.3 Å². The number of anilines is 1. The largest absolute Gasteiger partial charge is 0.406 e. The molecule has 2 rings (SSSR count). The van der Waals surface area contributed by atoms with Gasteiger partial charge in [0.05, 0.1) is 0 Å². The van der Waals surface area contributed by atoms with Crippen LogP contribution in [0.5, 0.6) is 0 Å². The Balaban J connectivity index is 2.00. The molecular formula is C13H21N5O3. The van der Waals surface area contributed by atoms with Gasteiger partial charge in [-0.2, -0.15) is 0 Å². The fourth-order valence-electron chi connectivity index (χ4n) is 2.65. The van der Waals surface area contributed by atoms with Crippen LogP contribution in [0.15, 0.2) is 6.33 Å². The molecule has 0 aliphatic carbocycles. The SMILES string of the molecule is CCCNC(=O)C1CCN(c2c([N+](=O)[O-])ncn2C)CC1. The predicted molar refractivity (Wildman–Crippen MR) is 78.1 cm³/mol. The first-order valence-corrected chi connectivity index (χ1v) is 7.23. The van der Waals surface area contributed by atoms with E-state index in [2.05, 4.69) is 10.3 Å². The molecule has 1 fully saturated rings. The molecule has 0 spiro atoms. The molecule has 0 bridgehead atoms. The summed E-state index contributed by atoms with van der Waals surface area (Å²) in [5.74, 6) is 0.495. The van der Waals surface area contributed by atoms with Crippen LogP contribution in [-0.2, 0) is 11.8 Å². The van der Waals surface area contributed by atoms with Crippen LogP contribution in [-0.4, -0.2) is 40.0 Å². The summed E-state index contributed by atoms with van der Waals surface area (Å²) in [5, 5.41) is 13.9. The van der Waals surface area contributed by atoms with Gasteiger partial charge in [0.1, 0.15) is 0 Å². The molecule has 0 unspecified atom stereocenters. The summed E-state index contributed by atoms with van der Waals surface area (Å²) in [4.78, 5) is 28.2. The van der Waals surface area contributed by atoms with E-state index < -0.39 is 4.92 Å². The second kappa shape index (κ2) is 6.55. The van der Waals surface area contributed by atoms with E-state index >= 15 is 0 Å². The summed E-state index contributed by atoms with van der Waals surface area (Å²) in [6, 6.07) is 0. The number of amides is 1. The molecule has 1 aromatic heterocycles. The maximum atomic E-state index is 11.9. The monoisotopic (exact) mass is 295 g/mol. The number of hydrogen-bond acceptors (Lipinski definition) is 5. The topological polar surface area (TPSA) is 93.3 Å². The lowest BCUT2D eigenvalue weighted by Gasteiger charge is -2.32. The molecule has 2 heterocycles. The van der Waals surface area contributed by atoms with Crippen molar-refractivity contribution in [3.05, 3.63) is 16.4 Å². The maximum absolute atomic E-state index is 11.9. The van der Waals surface area contributed by atoms with Crippen molar-refractivity contribution in [1.29, 1.82) is 0 Å². The standard InChI is InChI=1S/C13H21N5O3/c1-3-6-14-12(19)10-4-7-17(8-5-10)13-11(18(20)21)15-9-16(13)2/h9-10H,3-8H2,1-2H3,(H,14,19). The lowest BCUT2D eigenvalue weighted by Crippen LogP contribution is -2.41. The average molecular weight is 295 g/mol. The number of nitro groups is 1. The lowest BCUT2D eigenvalue weighted by atomic mass is 9.96. The first-order valence-electron chi connectivity index (χ1n) is 7.23. The number of imidazole rings is 1. The fourth-order valence-corrected chi connectivity index (χ4v) is 2.65. The molecule has 1 N–H and O–H groups in total. The van der Waals surface area contributed by atoms with E-state index in [9.17, 15) is 14.9 Å². The number of rotatable bonds is 5. The maximum Gasteiger partial charge on any atom is 0.406 e. The number of aryl methyl sites for hydroxylation is 1. The minimum Gasteiger partial charge on any atom is -0.358 e. The first-order chi connectivity index (χ1) is 10.0. The molecular weight excluding hydrogens is 274 g/mol. The third-order valence-electron chi connectivity index (χ3n) is 3.77. The molecule has 8 nitrogen and oxygen atoms in total. The van der Waals surface area contributed by atoms with Gasteiger partial charge in [-0.3, -0.25) is 9.36 Å². The Labute approximate surface area is 123 Å². The van der Waals surface area contributed by atoms with E-state index in [1.54, 1.807) is 11.6 Å². The molecule has 0 atom stereocenters. The van der Waals surface area contributed by atoms with E-state index in [1.165, 1.54) is 6.33 Å². The molecule has 1 aliphatic rings. The summed E-state index contributed by atoms with van der Waals surface area (Å²) in [5.41, 5.74) is 0. The van der Waals surface area contributed by atoms with E-state index in [1.807, 2.05) is 11.8 Å². The van der Waals surface area contributed by atoms with Crippen molar-refractivity contribution in [1.82, 2.24) is 14.9 Å². The predicted octanol–water partition coefficient (Wildman–Crippen LogP) is 1.07. The quantitative estimate of drug-likeness (QED) is 0.648. The Hall–Kier alpha value is -2.12. The summed E-state index contributed by atoms with van der Waals surface area (Å²) in [6.45, 7) is 3.98. The van der Waals surface area contributed by atoms with Crippen LogP contribution in [0, 0.1) is 16.0 Å². The molecule has 0 radical (unpaired) electrons. The van der Waals surface area contributed by atoms with Gasteiger partial charge in [0, 0.05) is 32.6 Å². The second-order valence-electron chi connectivity index (χ2n) is 5.31. The van der Waals surface area contributed by atoms with Crippen LogP contribution in [0.25, 0.3) is 0 Å². The van der Waals surface area contributed by atoms with Crippen molar-refractivity contribution >= 4 is 17.5 Å². The number of hydrogen-bond donors (Lipinski definition) is 1. The van der Waals surface area contributed by atoms with Gasteiger partial charge < -0.3 is 20.3 Å². The Morgan fingerprint density at radius 2 is 2.19 bits per heavy atom.